The van der Waals surface area contributed by atoms with Gasteiger partial charge in [0, 0.05) is 22.0 Å². The number of aldehydes is 1. The number of aromatic nitrogens is 1. The van der Waals surface area contributed by atoms with Gasteiger partial charge >= 0.3 is 0 Å². The lowest BCUT2D eigenvalue weighted by molar-refractivity contribution is 0.112. The van der Waals surface area contributed by atoms with E-state index in [1.165, 1.54) is 41.8 Å². The fourth-order valence-corrected chi connectivity index (χ4v) is 5.11. The molecule has 4 nitrogen and oxygen atoms in total. The van der Waals surface area contributed by atoms with Gasteiger partial charge in [0.1, 0.15) is 11.3 Å². The number of hydrogen-bond acceptors (Lipinski definition) is 4. The highest BCUT2D eigenvalue weighted by Gasteiger charge is 2.24. The van der Waals surface area contributed by atoms with Gasteiger partial charge in [-0.2, -0.15) is 0 Å². The van der Waals surface area contributed by atoms with Crippen molar-refractivity contribution in [3.63, 3.8) is 0 Å². The van der Waals surface area contributed by atoms with Gasteiger partial charge in [-0.1, -0.05) is 30.3 Å². The first-order valence-electron chi connectivity index (χ1n) is 7.68. The van der Waals surface area contributed by atoms with Crippen LogP contribution in [0.3, 0.4) is 0 Å². The summed E-state index contributed by atoms with van der Waals surface area (Å²) in [5, 5.41) is 0.476. The van der Waals surface area contributed by atoms with Gasteiger partial charge in [0.15, 0.2) is 6.29 Å². The second kappa shape index (κ2) is 6.19. The first-order valence-corrected chi connectivity index (χ1v) is 9.93. The summed E-state index contributed by atoms with van der Waals surface area (Å²) in [6, 6.07) is 15.7. The van der Waals surface area contributed by atoms with Gasteiger partial charge in [0.25, 0.3) is 10.0 Å². The zero-order chi connectivity index (χ0) is 18.3. The van der Waals surface area contributed by atoms with Crippen molar-refractivity contribution in [3.05, 3.63) is 77.6 Å². The molecule has 2 aromatic carbocycles. The van der Waals surface area contributed by atoms with E-state index in [2.05, 4.69) is 0 Å². The Bertz CT molecular complexity index is 1220. The van der Waals surface area contributed by atoms with Crippen molar-refractivity contribution in [1.29, 1.82) is 0 Å². The average Bonchev–Trinajstić information content (AvgIpc) is 3.27. The third kappa shape index (κ3) is 2.56. The third-order valence-corrected chi connectivity index (χ3v) is 6.77. The maximum absolute atomic E-state index is 14.6. The molecule has 0 saturated heterocycles. The molecule has 0 N–H and O–H groups in total. The van der Waals surface area contributed by atoms with Crippen LogP contribution in [0.1, 0.15) is 9.67 Å². The molecule has 4 aromatic rings. The second-order valence-corrected chi connectivity index (χ2v) is 8.54. The molecule has 2 heterocycles. The molecule has 7 heteroatoms. The second-order valence-electron chi connectivity index (χ2n) is 5.61. The normalized spacial score (nSPS) is 11.7. The number of nitrogens with zero attached hydrogens (tertiary/aromatic N) is 1. The molecular weight excluding hydrogens is 373 g/mol. The van der Waals surface area contributed by atoms with Crippen LogP contribution in [0.15, 0.2) is 71.8 Å². The molecule has 2 aromatic heterocycles. The monoisotopic (exact) mass is 385 g/mol. The van der Waals surface area contributed by atoms with Crippen LogP contribution >= 0.6 is 11.3 Å². The molecule has 0 amide bonds. The Kier molecular flexibility index (Phi) is 3.97. The minimum atomic E-state index is -3.96. The SMILES string of the molecule is O=Cc1ccc(-c2cn(S(=O)(=O)c3ccccc3)c3c(F)cccc23)s1. The third-order valence-electron chi connectivity index (χ3n) is 4.05. The number of carbonyl (C=O) groups is 1. The van der Waals surface area contributed by atoms with Crippen LogP contribution in [-0.4, -0.2) is 18.7 Å². The van der Waals surface area contributed by atoms with Crippen LogP contribution in [-0.2, 0) is 10.0 Å². The van der Waals surface area contributed by atoms with Crippen molar-refractivity contribution in [2.75, 3.05) is 0 Å². The van der Waals surface area contributed by atoms with E-state index < -0.39 is 15.8 Å². The van der Waals surface area contributed by atoms with Crippen molar-refractivity contribution in [1.82, 2.24) is 3.97 Å². The topological polar surface area (TPSA) is 56.1 Å². The molecule has 130 valence electrons. The fraction of sp³-hybridized carbons (Fsp3) is 0. The van der Waals surface area contributed by atoms with E-state index in [0.717, 1.165) is 10.3 Å². The summed E-state index contributed by atoms with van der Waals surface area (Å²) in [4.78, 5) is 12.3. The van der Waals surface area contributed by atoms with Crippen LogP contribution < -0.4 is 0 Å². The van der Waals surface area contributed by atoms with Crippen LogP contribution in [0.5, 0.6) is 0 Å². The lowest BCUT2D eigenvalue weighted by Crippen LogP contribution is -2.12. The molecule has 4 rings (SSSR count). The number of benzene rings is 2. The Morgan fingerprint density at radius 3 is 2.42 bits per heavy atom. The van der Waals surface area contributed by atoms with E-state index in [1.54, 1.807) is 36.4 Å². The lowest BCUT2D eigenvalue weighted by Gasteiger charge is -2.07. The molecule has 0 aliphatic carbocycles. The summed E-state index contributed by atoms with van der Waals surface area (Å²) < 4.78 is 41.6. The van der Waals surface area contributed by atoms with E-state index >= 15 is 0 Å². The maximum Gasteiger partial charge on any atom is 0.268 e. The first-order chi connectivity index (χ1) is 12.5. The van der Waals surface area contributed by atoms with E-state index in [1.807, 2.05) is 0 Å². The van der Waals surface area contributed by atoms with Crippen LogP contribution in [0.2, 0.25) is 0 Å². The Balaban J connectivity index is 2.04. The van der Waals surface area contributed by atoms with E-state index in [9.17, 15) is 17.6 Å². The lowest BCUT2D eigenvalue weighted by atomic mass is 10.1. The molecule has 0 unspecified atom stereocenters. The Labute approximate surface area is 153 Å². The Hall–Kier alpha value is -2.77. The summed E-state index contributed by atoms with van der Waals surface area (Å²) >= 11 is 1.23. The molecule has 26 heavy (non-hydrogen) atoms. The smallest absolute Gasteiger partial charge is 0.268 e. The van der Waals surface area contributed by atoms with Crippen molar-refractivity contribution < 1.29 is 17.6 Å². The molecule has 0 aliphatic rings. The molecule has 0 saturated carbocycles. The van der Waals surface area contributed by atoms with Crippen LogP contribution in [0.25, 0.3) is 21.3 Å². The van der Waals surface area contributed by atoms with Gasteiger partial charge < -0.3 is 0 Å². The van der Waals surface area contributed by atoms with E-state index in [4.69, 9.17) is 0 Å². The summed E-state index contributed by atoms with van der Waals surface area (Å²) in [6.07, 6.45) is 2.14. The van der Waals surface area contributed by atoms with E-state index in [-0.39, 0.29) is 10.4 Å². The number of fused-ring (bicyclic) bond motifs is 1. The maximum atomic E-state index is 14.6. The predicted octanol–water partition coefficient (Wildman–Crippen LogP) is 4.56. The fourth-order valence-electron chi connectivity index (χ4n) is 2.86. The molecule has 0 radical (unpaired) electrons. The highest BCUT2D eigenvalue weighted by Crippen LogP contribution is 2.37. The predicted molar refractivity (Wildman–Crippen MR) is 99.6 cm³/mol. The highest BCUT2D eigenvalue weighted by atomic mass is 32.2. The van der Waals surface area contributed by atoms with Crippen molar-refractivity contribution in [2.45, 2.75) is 4.90 Å². The zero-order valence-corrected chi connectivity index (χ0v) is 14.9. The molecule has 0 fully saturated rings. The van der Waals surface area contributed by atoms with Gasteiger partial charge in [0.05, 0.1) is 9.77 Å². The molecular formula is C19H12FNO3S2. The molecule has 0 atom stereocenters. The molecule has 0 aliphatic heterocycles. The zero-order valence-electron chi connectivity index (χ0n) is 13.3. The number of halogens is 1. The molecule has 0 spiro atoms. The summed E-state index contributed by atoms with van der Waals surface area (Å²) in [7, 11) is -3.96. The first kappa shape index (κ1) is 16.7. The standard InChI is InChI=1S/C19H12FNO3S2/c20-17-8-4-7-15-16(18-10-9-13(12-22)25-18)11-21(19(15)17)26(23,24)14-5-2-1-3-6-14/h1-12H. The van der Waals surface area contributed by atoms with Gasteiger partial charge in [0.2, 0.25) is 0 Å². The summed E-state index contributed by atoms with van der Waals surface area (Å²) in [5.74, 6) is -0.625. The summed E-state index contributed by atoms with van der Waals surface area (Å²) in [5.41, 5.74) is 0.560. The quantitative estimate of drug-likeness (QED) is 0.484. The van der Waals surface area contributed by atoms with Gasteiger partial charge in [-0.25, -0.2) is 16.8 Å². The average molecular weight is 385 g/mol. The largest absolute Gasteiger partial charge is 0.297 e. The van der Waals surface area contributed by atoms with Crippen molar-refractivity contribution in [2.24, 2.45) is 0 Å². The number of hydrogen-bond donors (Lipinski definition) is 0. The summed E-state index contributed by atoms with van der Waals surface area (Å²) in [6.45, 7) is 0. The number of thiophene rings is 1. The van der Waals surface area contributed by atoms with Gasteiger partial charge in [-0.15, -0.1) is 11.3 Å². The number of carbonyl (C=O) groups excluding carboxylic acids is 1. The van der Waals surface area contributed by atoms with Crippen molar-refractivity contribution >= 4 is 38.5 Å². The molecule has 0 bridgehead atoms. The minimum Gasteiger partial charge on any atom is -0.297 e. The van der Waals surface area contributed by atoms with Crippen LogP contribution in [0, 0.1) is 5.82 Å². The van der Waals surface area contributed by atoms with Crippen molar-refractivity contribution in [3.8, 4) is 10.4 Å². The van der Waals surface area contributed by atoms with Gasteiger partial charge in [-0.3, -0.25) is 4.79 Å². The van der Waals surface area contributed by atoms with Crippen LogP contribution in [0.4, 0.5) is 4.39 Å². The Morgan fingerprint density at radius 1 is 0.962 bits per heavy atom. The number of rotatable bonds is 4. The minimum absolute atomic E-state index is 0.00703. The van der Waals surface area contributed by atoms with Gasteiger partial charge in [-0.05, 0) is 30.3 Å². The number of para-hydroxylation sites is 1. The van der Waals surface area contributed by atoms with E-state index in [0.29, 0.717) is 20.7 Å². The highest BCUT2D eigenvalue weighted by molar-refractivity contribution is 7.90. The Morgan fingerprint density at radius 2 is 1.73 bits per heavy atom.